The highest BCUT2D eigenvalue weighted by atomic mass is 32.3. The zero-order chi connectivity index (χ0) is 24.8. The number of ether oxygens (including phenoxy) is 1. The van der Waals surface area contributed by atoms with Crippen LogP contribution in [0.3, 0.4) is 0 Å². The normalized spacial score (nSPS) is 23.3. The molecule has 1 aliphatic heterocycles. The van der Waals surface area contributed by atoms with Crippen LogP contribution in [0.25, 0.3) is 22.3 Å². The molecule has 0 bridgehead atoms. The average molecular weight is 496 g/mol. The predicted octanol–water partition coefficient (Wildman–Crippen LogP) is 0.948. The maximum atomic E-state index is 12.9. The van der Waals surface area contributed by atoms with Gasteiger partial charge in [-0.15, -0.1) is 0 Å². The summed E-state index contributed by atoms with van der Waals surface area (Å²) in [5.74, 6) is -1.43. The van der Waals surface area contributed by atoms with Gasteiger partial charge in [-0.05, 0) is 24.3 Å². The lowest BCUT2D eigenvalue weighted by atomic mass is 9.91. The fourth-order valence-electron chi connectivity index (χ4n) is 3.91. The quantitative estimate of drug-likeness (QED) is 0.273. The Kier molecular flexibility index (Phi) is 6.24. The van der Waals surface area contributed by atoms with Crippen molar-refractivity contribution in [3.63, 3.8) is 0 Å². The van der Waals surface area contributed by atoms with E-state index in [9.17, 15) is 43.3 Å². The number of fused-ring (bicyclic) bond motifs is 1. The van der Waals surface area contributed by atoms with Gasteiger partial charge in [0, 0.05) is 24.1 Å². The summed E-state index contributed by atoms with van der Waals surface area (Å²) in [5.41, 5.74) is -1.16. The van der Waals surface area contributed by atoms with Crippen LogP contribution in [0.1, 0.15) is 18.1 Å². The van der Waals surface area contributed by atoms with Crippen LogP contribution in [0.15, 0.2) is 45.6 Å². The van der Waals surface area contributed by atoms with E-state index in [2.05, 4.69) is 4.18 Å². The Bertz CT molecular complexity index is 1380. The fraction of sp³-hybridized carbons (Fsp3) is 0.286. The van der Waals surface area contributed by atoms with Crippen molar-refractivity contribution in [2.24, 2.45) is 0 Å². The molecule has 1 aromatic heterocycles. The third kappa shape index (κ3) is 4.57. The Balaban J connectivity index is 1.98. The molecule has 0 amide bonds. The van der Waals surface area contributed by atoms with Crippen LogP contribution in [0, 0.1) is 0 Å². The third-order valence-corrected chi connectivity index (χ3v) is 5.86. The number of benzene rings is 2. The number of phenolic OH excluding ortho intramolecular Hbond substituents is 3. The summed E-state index contributed by atoms with van der Waals surface area (Å²) in [6, 6.07) is 7.42. The molecule has 3 aromatic rings. The van der Waals surface area contributed by atoms with E-state index in [1.54, 1.807) is 0 Å². The molecule has 34 heavy (non-hydrogen) atoms. The predicted molar refractivity (Wildman–Crippen MR) is 115 cm³/mol. The summed E-state index contributed by atoms with van der Waals surface area (Å²) < 4.78 is 48.1. The molecule has 2 aromatic carbocycles. The number of aliphatic hydroxyl groups is 2. The number of hydrogen-bond acceptors (Lipinski definition) is 11. The van der Waals surface area contributed by atoms with Gasteiger partial charge in [0.05, 0.1) is 24.4 Å². The highest BCUT2D eigenvalue weighted by molar-refractivity contribution is 7.80. The fourth-order valence-corrected chi connectivity index (χ4v) is 4.42. The highest BCUT2D eigenvalue weighted by Gasteiger charge is 2.44. The lowest BCUT2D eigenvalue weighted by Gasteiger charge is -2.38. The van der Waals surface area contributed by atoms with Crippen LogP contribution >= 0.6 is 0 Å². The van der Waals surface area contributed by atoms with Gasteiger partial charge >= 0.3 is 10.4 Å². The standard InChI is InChI=1S/C21H20O12S/c22-8-11-5-15(27)19(33-34(28,29)30)21(31-11)18-13(25)6-12(24)17-14(26)7-16(32-20(17)18)9-1-3-10(23)4-2-9/h1-4,6-7,11,15,19,21-25,27H,5,8H2,(H,28,29,30). The van der Waals surface area contributed by atoms with Crippen LogP contribution in [0.5, 0.6) is 17.2 Å². The van der Waals surface area contributed by atoms with E-state index in [1.165, 1.54) is 24.3 Å². The van der Waals surface area contributed by atoms with E-state index in [1.807, 2.05) is 0 Å². The van der Waals surface area contributed by atoms with Crippen molar-refractivity contribution in [1.29, 1.82) is 0 Å². The lowest BCUT2D eigenvalue weighted by Crippen LogP contribution is -2.47. The second-order valence-corrected chi connectivity index (χ2v) is 8.76. The number of hydrogen-bond donors (Lipinski definition) is 6. The van der Waals surface area contributed by atoms with Crippen molar-refractivity contribution < 1.29 is 51.8 Å². The van der Waals surface area contributed by atoms with Crippen molar-refractivity contribution in [3.8, 4) is 28.6 Å². The van der Waals surface area contributed by atoms with E-state index < -0.39 is 63.9 Å². The van der Waals surface area contributed by atoms with Gasteiger partial charge in [-0.1, -0.05) is 0 Å². The second-order valence-electron chi connectivity index (χ2n) is 7.71. The molecule has 6 N–H and O–H groups in total. The van der Waals surface area contributed by atoms with E-state index in [-0.39, 0.29) is 28.9 Å². The summed E-state index contributed by atoms with van der Waals surface area (Å²) in [7, 11) is -5.11. The largest absolute Gasteiger partial charge is 0.508 e. The van der Waals surface area contributed by atoms with Gasteiger partial charge in [0.1, 0.15) is 40.6 Å². The van der Waals surface area contributed by atoms with Crippen molar-refractivity contribution in [1.82, 2.24) is 0 Å². The van der Waals surface area contributed by atoms with E-state index in [0.29, 0.717) is 5.56 Å². The van der Waals surface area contributed by atoms with Crippen LogP contribution in [0.4, 0.5) is 0 Å². The summed E-state index contributed by atoms with van der Waals surface area (Å²) in [4.78, 5) is 12.9. The van der Waals surface area contributed by atoms with Gasteiger partial charge in [-0.2, -0.15) is 8.42 Å². The van der Waals surface area contributed by atoms with Crippen LogP contribution < -0.4 is 5.43 Å². The monoisotopic (exact) mass is 496 g/mol. The third-order valence-electron chi connectivity index (χ3n) is 5.39. The molecular formula is C21H20O12S. The Morgan fingerprint density at radius 2 is 1.74 bits per heavy atom. The topological polar surface area (TPSA) is 204 Å². The number of aliphatic hydroxyl groups excluding tert-OH is 2. The van der Waals surface area contributed by atoms with Gasteiger partial charge in [-0.3, -0.25) is 9.35 Å². The smallest absolute Gasteiger partial charge is 0.397 e. The van der Waals surface area contributed by atoms with Crippen molar-refractivity contribution >= 4 is 21.4 Å². The van der Waals surface area contributed by atoms with Crippen LogP contribution in [-0.2, 0) is 19.3 Å². The molecule has 4 unspecified atom stereocenters. The first-order chi connectivity index (χ1) is 16.0. The summed E-state index contributed by atoms with van der Waals surface area (Å²) >= 11 is 0. The molecule has 1 aliphatic rings. The highest BCUT2D eigenvalue weighted by Crippen LogP contribution is 2.44. The van der Waals surface area contributed by atoms with Gasteiger partial charge < -0.3 is 34.7 Å². The average Bonchev–Trinajstić information content (AvgIpc) is 2.74. The van der Waals surface area contributed by atoms with Crippen LogP contribution in [0.2, 0.25) is 0 Å². The minimum Gasteiger partial charge on any atom is -0.508 e. The van der Waals surface area contributed by atoms with E-state index >= 15 is 0 Å². The molecule has 13 heteroatoms. The molecule has 182 valence electrons. The molecule has 1 saturated heterocycles. The van der Waals surface area contributed by atoms with Gasteiger partial charge in [0.15, 0.2) is 11.0 Å². The van der Waals surface area contributed by atoms with Gasteiger partial charge in [0.2, 0.25) is 0 Å². The molecule has 0 saturated carbocycles. The minimum absolute atomic E-state index is 0.0361. The first-order valence-electron chi connectivity index (χ1n) is 9.90. The summed E-state index contributed by atoms with van der Waals surface area (Å²) in [6.07, 6.45) is -6.36. The zero-order valence-corrected chi connectivity index (χ0v) is 18.0. The number of phenols is 3. The summed E-state index contributed by atoms with van der Waals surface area (Å²) in [5, 5.41) is 50.1. The maximum absolute atomic E-state index is 12.9. The molecule has 2 heterocycles. The second kappa shape index (κ2) is 8.87. The van der Waals surface area contributed by atoms with Gasteiger partial charge in [0.25, 0.3) is 0 Å². The maximum Gasteiger partial charge on any atom is 0.397 e. The first-order valence-corrected chi connectivity index (χ1v) is 11.3. The van der Waals surface area contributed by atoms with Crippen molar-refractivity contribution in [2.75, 3.05) is 6.61 Å². The molecule has 0 radical (unpaired) electrons. The minimum atomic E-state index is -5.11. The molecule has 0 spiro atoms. The lowest BCUT2D eigenvalue weighted by molar-refractivity contribution is -0.171. The Labute approximate surface area is 191 Å². The molecule has 1 fully saturated rings. The summed E-state index contributed by atoms with van der Waals surface area (Å²) in [6.45, 7) is -0.592. The SMILES string of the molecule is O=c1cc(-c2ccc(O)cc2)oc2c(C3OC(CO)CC(O)C3OS(=O)(=O)O)c(O)cc(O)c12. The Morgan fingerprint density at radius 1 is 1.06 bits per heavy atom. The molecule has 4 rings (SSSR count). The van der Waals surface area contributed by atoms with Crippen LogP contribution in [-0.4, -0.2) is 63.4 Å². The number of aromatic hydroxyl groups is 3. The first kappa shape index (κ1) is 23.9. The zero-order valence-electron chi connectivity index (χ0n) is 17.2. The number of rotatable bonds is 5. The Morgan fingerprint density at radius 3 is 2.35 bits per heavy atom. The molecule has 4 atom stereocenters. The van der Waals surface area contributed by atoms with Gasteiger partial charge in [-0.25, -0.2) is 4.18 Å². The van der Waals surface area contributed by atoms with E-state index in [4.69, 9.17) is 9.15 Å². The van der Waals surface area contributed by atoms with E-state index in [0.717, 1.165) is 12.1 Å². The Hall–Kier alpha value is -3.20. The van der Waals surface area contributed by atoms with Crippen molar-refractivity contribution in [3.05, 3.63) is 52.2 Å². The van der Waals surface area contributed by atoms with Crippen molar-refractivity contribution in [2.45, 2.75) is 30.8 Å². The molecular weight excluding hydrogens is 476 g/mol. The molecule has 0 aliphatic carbocycles. The molecule has 12 nitrogen and oxygen atoms in total.